The fourth-order valence-electron chi connectivity index (χ4n) is 3.57. The zero-order valence-electron chi connectivity index (χ0n) is 20.5. The van der Waals surface area contributed by atoms with Gasteiger partial charge in [0.15, 0.2) is 5.78 Å². The van der Waals surface area contributed by atoms with E-state index < -0.39 is 47.1 Å². The van der Waals surface area contributed by atoms with Crippen LogP contribution >= 0.6 is 0 Å². The van der Waals surface area contributed by atoms with Crippen LogP contribution in [-0.4, -0.2) is 48.6 Å². The van der Waals surface area contributed by atoms with E-state index in [2.05, 4.69) is 9.73 Å². The van der Waals surface area contributed by atoms with Crippen molar-refractivity contribution in [2.45, 2.75) is 51.7 Å². The van der Waals surface area contributed by atoms with Crippen LogP contribution in [0.25, 0.3) is 0 Å². The highest BCUT2D eigenvalue weighted by Gasteiger charge is 2.55. The fraction of sp³-hybridized carbons (Fsp3) is 0.407. The summed E-state index contributed by atoms with van der Waals surface area (Å²) < 4.78 is 38.8. The SMILES string of the molecule is COC(=O)C(C)C(C(=O)C(Cc1ccccc1)(/N=C/c1ccccc1)C(=O)OC(C)(C)C)C(F)F. The Morgan fingerprint density at radius 2 is 1.51 bits per heavy atom. The Labute approximate surface area is 204 Å². The van der Waals surface area contributed by atoms with Crippen molar-refractivity contribution in [3.8, 4) is 0 Å². The van der Waals surface area contributed by atoms with Crippen molar-refractivity contribution >= 4 is 23.9 Å². The van der Waals surface area contributed by atoms with Gasteiger partial charge in [-0.05, 0) is 31.9 Å². The Morgan fingerprint density at radius 3 is 2.00 bits per heavy atom. The van der Waals surface area contributed by atoms with Crippen molar-refractivity contribution in [1.82, 2.24) is 0 Å². The van der Waals surface area contributed by atoms with Gasteiger partial charge in [0.1, 0.15) is 5.60 Å². The monoisotopic (exact) mass is 487 g/mol. The molecular formula is C27H31F2NO5. The first-order chi connectivity index (χ1) is 16.4. The molecule has 0 aliphatic heterocycles. The maximum Gasteiger partial charge on any atom is 0.342 e. The molecule has 0 aliphatic carbocycles. The van der Waals surface area contributed by atoms with Gasteiger partial charge in [0.25, 0.3) is 0 Å². The first kappa shape index (κ1) is 27.8. The second-order valence-corrected chi connectivity index (χ2v) is 9.23. The van der Waals surface area contributed by atoms with E-state index in [0.717, 1.165) is 7.11 Å². The van der Waals surface area contributed by atoms with Crippen molar-refractivity contribution in [2.24, 2.45) is 16.8 Å². The van der Waals surface area contributed by atoms with Gasteiger partial charge in [-0.3, -0.25) is 14.6 Å². The van der Waals surface area contributed by atoms with Crippen LogP contribution in [0.15, 0.2) is 65.7 Å². The molecule has 2 rings (SSSR count). The van der Waals surface area contributed by atoms with Crippen LogP contribution in [0.4, 0.5) is 8.78 Å². The summed E-state index contributed by atoms with van der Waals surface area (Å²) in [5, 5.41) is 0. The number of carbonyl (C=O) groups excluding carboxylic acids is 3. The number of carbonyl (C=O) groups is 3. The van der Waals surface area contributed by atoms with E-state index in [1.54, 1.807) is 81.4 Å². The average molecular weight is 488 g/mol. The lowest BCUT2D eigenvalue weighted by Gasteiger charge is -2.34. The maximum absolute atomic E-state index is 14.3. The third-order valence-electron chi connectivity index (χ3n) is 5.37. The molecule has 0 bridgehead atoms. The quantitative estimate of drug-likeness (QED) is 0.276. The molecule has 2 aromatic rings. The number of hydrogen-bond acceptors (Lipinski definition) is 6. The Balaban J connectivity index is 2.76. The molecule has 0 saturated heterocycles. The molecule has 3 atom stereocenters. The average Bonchev–Trinajstić information content (AvgIpc) is 2.81. The van der Waals surface area contributed by atoms with Gasteiger partial charge in [0.2, 0.25) is 12.0 Å². The Hall–Kier alpha value is -3.42. The highest BCUT2D eigenvalue weighted by molar-refractivity contribution is 6.12. The van der Waals surface area contributed by atoms with E-state index in [1.807, 2.05) is 0 Å². The van der Waals surface area contributed by atoms with Crippen LogP contribution in [0.3, 0.4) is 0 Å². The molecule has 6 nitrogen and oxygen atoms in total. The fourth-order valence-corrected chi connectivity index (χ4v) is 3.57. The summed E-state index contributed by atoms with van der Waals surface area (Å²) >= 11 is 0. The molecule has 0 heterocycles. The number of hydrogen-bond donors (Lipinski definition) is 0. The summed E-state index contributed by atoms with van der Waals surface area (Å²) in [4.78, 5) is 44.0. The van der Waals surface area contributed by atoms with Crippen LogP contribution in [0.2, 0.25) is 0 Å². The van der Waals surface area contributed by atoms with E-state index in [9.17, 15) is 23.2 Å². The van der Waals surface area contributed by atoms with E-state index in [1.165, 1.54) is 13.1 Å². The third-order valence-corrected chi connectivity index (χ3v) is 5.37. The number of ether oxygens (including phenoxy) is 2. The topological polar surface area (TPSA) is 82.0 Å². The number of nitrogens with zero attached hydrogens (tertiary/aromatic N) is 1. The van der Waals surface area contributed by atoms with Gasteiger partial charge >= 0.3 is 11.9 Å². The third kappa shape index (κ3) is 7.28. The van der Waals surface area contributed by atoms with E-state index in [-0.39, 0.29) is 6.42 Å². The van der Waals surface area contributed by atoms with Crippen molar-refractivity contribution in [2.75, 3.05) is 7.11 Å². The molecule has 0 aliphatic rings. The number of aliphatic imine (C=N–C) groups is 1. The van der Waals surface area contributed by atoms with Gasteiger partial charge in [-0.25, -0.2) is 13.6 Å². The number of alkyl halides is 2. The molecule has 8 heteroatoms. The molecule has 3 unspecified atom stereocenters. The molecule has 2 aromatic carbocycles. The standard InChI is InChI=1S/C27H31F2NO5/c1-18(24(32)34-5)21(23(28)29)22(31)27(25(33)35-26(2,3)4,16-19-12-8-6-9-13-19)30-17-20-14-10-7-11-15-20/h6-15,17-18,21,23H,16H2,1-5H3/b30-17+. The zero-order valence-corrected chi connectivity index (χ0v) is 20.5. The number of esters is 2. The van der Waals surface area contributed by atoms with Crippen LogP contribution in [-0.2, 0) is 30.3 Å². The van der Waals surface area contributed by atoms with Gasteiger partial charge in [-0.15, -0.1) is 0 Å². The van der Waals surface area contributed by atoms with Gasteiger partial charge < -0.3 is 9.47 Å². The Morgan fingerprint density at radius 1 is 0.971 bits per heavy atom. The van der Waals surface area contributed by atoms with Crippen molar-refractivity contribution in [3.63, 3.8) is 0 Å². The molecule has 0 radical (unpaired) electrons. The first-order valence-corrected chi connectivity index (χ1v) is 11.2. The molecule has 0 aromatic heterocycles. The largest absolute Gasteiger partial charge is 0.469 e. The van der Waals surface area contributed by atoms with E-state index in [4.69, 9.17) is 4.74 Å². The minimum atomic E-state index is -3.25. The number of halogens is 2. The normalized spacial score (nSPS) is 15.3. The number of benzene rings is 2. The summed E-state index contributed by atoms with van der Waals surface area (Å²) in [7, 11) is 1.05. The Kier molecular flexibility index (Phi) is 9.40. The second-order valence-electron chi connectivity index (χ2n) is 9.23. The second kappa shape index (κ2) is 11.8. The molecule has 35 heavy (non-hydrogen) atoms. The molecule has 0 saturated carbocycles. The van der Waals surface area contributed by atoms with E-state index >= 15 is 0 Å². The lowest BCUT2D eigenvalue weighted by Crippen LogP contribution is -2.55. The predicted molar refractivity (Wildman–Crippen MR) is 128 cm³/mol. The summed E-state index contributed by atoms with van der Waals surface area (Å²) in [6.07, 6.45) is -2.29. The zero-order chi connectivity index (χ0) is 26.2. The van der Waals surface area contributed by atoms with Crippen LogP contribution < -0.4 is 0 Å². The van der Waals surface area contributed by atoms with E-state index in [0.29, 0.717) is 11.1 Å². The van der Waals surface area contributed by atoms with Gasteiger partial charge in [0, 0.05) is 12.6 Å². The maximum atomic E-state index is 14.3. The molecule has 188 valence electrons. The highest BCUT2D eigenvalue weighted by Crippen LogP contribution is 2.33. The molecule has 0 N–H and O–H groups in total. The molecule has 0 spiro atoms. The van der Waals surface area contributed by atoms with Gasteiger partial charge in [0.05, 0.1) is 18.9 Å². The van der Waals surface area contributed by atoms with Gasteiger partial charge in [-0.1, -0.05) is 67.6 Å². The Bertz CT molecular complexity index is 1030. The lowest BCUT2D eigenvalue weighted by atomic mass is 9.76. The molecule has 0 amide bonds. The van der Waals surface area contributed by atoms with Crippen LogP contribution in [0.5, 0.6) is 0 Å². The first-order valence-electron chi connectivity index (χ1n) is 11.2. The van der Waals surface area contributed by atoms with Crippen molar-refractivity contribution in [3.05, 3.63) is 71.8 Å². The minimum absolute atomic E-state index is 0.331. The number of ketones is 1. The number of methoxy groups -OCH3 is 1. The summed E-state index contributed by atoms with van der Waals surface area (Å²) in [6, 6.07) is 17.1. The summed E-state index contributed by atoms with van der Waals surface area (Å²) in [5.74, 6) is -6.94. The molecular weight excluding hydrogens is 456 g/mol. The number of rotatable bonds is 10. The minimum Gasteiger partial charge on any atom is -0.469 e. The predicted octanol–water partition coefficient (Wildman–Crippen LogP) is 4.69. The van der Waals surface area contributed by atoms with Crippen LogP contribution in [0, 0.1) is 11.8 Å². The van der Waals surface area contributed by atoms with Gasteiger partial charge in [-0.2, -0.15) is 0 Å². The smallest absolute Gasteiger partial charge is 0.342 e. The van der Waals surface area contributed by atoms with Crippen molar-refractivity contribution in [1.29, 1.82) is 0 Å². The lowest BCUT2D eigenvalue weighted by molar-refractivity contribution is -0.168. The number of Topliss-reactive ketones (excluding diaryl/α,β-unsaturated/α-hetero) is 1. The van der Waals surface area contributed by atoms with Crippen molar-refractivity contribution < 1.29 is 32.6 Å². The van der Waals surface area contributed by atoms with Crippen LogP contribution in [0.1, 0.15) is 38.8 Å². The summed E-state index contributed by atoms with van der Waals surface area (Å²) in [6.45, 7) is 5.98. The highest BCUT2D eigenvalue weighted by atomic mass is 19.3. The molecule has 0 fully saturated rings. The summed E-state index contributed by atoms with van der Waals surface area (Å²) in [5.41, 5.74) is -2.34.